The molecule has 0 radical (unpaired) electrons. The Labute approximate surface area is 124 Å². The van der Waals surface area contributed by atoms with Crippen LogP contribution in [0.15, 0.2) is 18.2 Å². The van der Waals surface area contributed by atoms with Crippen LogP contribution >= 0.6 is 12.4 Å². The summed E-state index contributed by atoms with van der Waals surface area (Å²) in [5.74, 6) is -0.428. The lowest BCUT2D eigenvalue weighted by Gasteiger charge is -2.22. The molecule has 0 saturated carbocycles. The van der Waals surface area contributed by atoms with Crippen LogP contribution in [0.5, 0.6) is 0 Å². The molecule has 6 heteroatoms. The fourth-order valence-electron chi connectivity index (χ4n) is 2.43. The van der Waals surface area contributed by atoms with Gasteiger partial charge in [0.15, 0.2) is 0 Å². The number of carbonyl (C=O) groups excluding carboxylic acids is 1. The summed E-state index contributed by atoms with van der Waals surface area (Å²) in [5, 5.41) is 2.72. The van der Waals surface area contributed by atoms with E-state index in [2.05, 4.69) is 10.2 Å². The number of rotatable bonds is 4. The molecule has 2 rings (SSSR count). The first-order valence-corrected chi connectivity index (χ1v) is 6.60. The van der Waals surface area contributed by atoms with E-state index in [1.165, 1.54) is 6.07 Å². The summed E-state index contributed by atoms with van der Waals surface area (Å²) in [6, 6.07) is 5.00. The zero-order valence-electron chi connectivity index (χ0n) is 11.6. The van der Waals surface area contributed by atoms with Crippen molar-refractivity contribution in [1.29, 1.82) is 0 Å². The summed E-state index contributed by atoms with van der Waals surface area (Å²) in [6.45, 7) is 3.48. The number of nitrogens with zero attached hydrogens (tertiary/aromatic N) is 1. The van der Waals surface area contributed by atoms with E-state index in [1.54, 1.807) is 19.1 Å². The lowest BCUT2D eigenvalue weighted by atomic mass is 10.2. The maximum absolute atomic E-state index is 13.4. The van der Waals surface area contributed by atoms with Gasteiger partial charge in [-0.15, -0.1) is 12.4 Å². The molecule has 20 heavy (non-hydrogen) atoms. The van der Waals surface area contributed by atoms with E-state index < -0.39 is 0 Å². The predicted molar refractivity (Wildman–Crippen MR) is 80.7 cm³/mol. The van der Waals surface area contributed by atoms with Crippen molar-refractivity contribution < 1.29 is 9.18 Å². The fraction of sp³-hybridized carbons (Fsp3) is 0.500. The third-order valence-corrected chi connectivity index (χ3v) is 3.57. The second kappa shape index (κ2) is 7.57. The van der Waals surface area contributed by atoms with Gasteiger partial charge in [0.05, 0.1) is 6.54 Å². The standard InChI is InChI=1S/C14H20FN3O.ClH/c1-10-4-5-11(7-13(10)15)17-14(19)9-18-6-2-3-12(18)8-16;/h4-5,7,12H,2-3,6,8-9,16H2,1H3,(H,17,19);1H. The van der Waals surface area contributed by atoms with Gasteiger partial charge in [-0.2, -0.15) is 0 Å². The highest BCUT2D eigenvalue weighted by Gasteiger charge is 2.24. The molecule has 4 nitrogen and oxygen atoms in total. The molecule has 1 aromatic carbocycles. The fourth-order valence-corrected chi connectivity index (χ4v) is 2.43. The van der Waals surface area contributed by atoms with Crippen LogP contribution < -0.4 is 11.1 Å². The molecule has 1 aliphatic heterocycles. The Morgan fingerprint density at radius 1 is 1.55 bits per heavy atom. The van der Waals surface area contributed by atoms with Crippen LogP contribution in [-0.2, 0) is 4.79 Å². The van der Waals surface area contributed by atoms with Crippen LogP contribution in [-0.4, -0.2) is 36.5 Å². The van der Waals surface area contributed by atoms with Gasteiger partial charge in [-0.25, -0.2) is 4.39 Å². The number of carbonyl (C=O) groups is 1. The minimum Gasteiger partial charge on any atom is -0.329 e. The molecule has 1 saturated heterocycles. The van der Waals surface area contributed by atoms with Crippen LogP contribution in [0.4, 0.5) is 10.1 Å². The van der Waals surface area contributed by atoms with E-state index >= 15 is 0 Å². The normalized spacial score (nSPS) is 18.6. The zero-order valence-corrected chi connectivity index (χ0v) is 12.4. The average molecular weight is 302 g/mol. The van der Waals surface area contributed by atoms with E-state index in [0.29, 0.717) is 30.4 Å². The van der Waals surface area contributed by atoms with Gasteiger partial charge in [-0.3, -0.25) is 9.69 Å². The van der Waals surface area contributed by atoms with Gasteiger partial charge in [0.1, 0.15) is 5.82 Å². The molecule has 1 heterocycles. The van der Waals surface area contributed by atoms with E-state index in [9.17, 15) is 9.18 Å². The number of nitrogens with one attached hydrogen (secondary N) is 1. The van der Waals surface area contributed by atoms with E-state index in [4.69, 9.17) is 5.73 Å². The van der Waals surface area contributed by atoms with Crippen molar-refractivity contribution in [2.45, 2.75) is 25.8 Å². The topological polar surface area (TPSA) is 58.4 Å². The largest absolute Gasteiger partial charge is 0.329 e. The van der Waals surface area contributed by atoms with Gasteiger partial charge in [0.2, 0.25) is 5.91 Å². The maximum Gasteiger partial charge on any atom is 0.238 e. The van der Waals surface area contributed by atoms with E-state index in [0.717, 1.165) is 19.4 Å². The Morgan fingerprint density at radius 2 is 2.30 bits per heavy atom. The molecule has 3 N–H and O–H groups in total. The monoisotopic (exact) mass is 301 g/mol. The highest BCUT2D eigenvalue weighted by molar-refractivity contribution is 5.92. The minimum atomic E-state index is -0.307. The molecule has 0 aliphatic carbocycles. The number of benzene rings is 1. The Hall–Kier alpha value is -1.17. The molecule has 1 atom stereocenters. The predicted octanol–water partition coefficient (Wildman–Crippen LogP) is 1.92. The first kappa shape index (κ1) is 16.9. The molecule has 0 spiro atoms. The van der Waals surface area contributed by atoms with E-state index in [-0.39, 0.29) is 24.1 Å². The summed E-state index contributed by atoms with van der Waals surface area (Å²) in [5.41, 5.74) is 6.73. The third kappa shape index (κ3) is 4.16. The first-order chi connectivity index (χ1) is 9.10. The minimum absolute atomic E-state index is 0. The van der Waals surface area contributed by atoms with Crippen molar-refractivity contribution in [3.8, 4) is 0 Å². The summed E-state index contributed by atoms with van der Waals surface area (Å²) in [6.07, 6.45) is 2.12. The van der Waals surface area contributed by atoms with Crippen LogP contribution in [0.1, 0.15) is 18.4 Å². The molecule has 0 bridgehead atoms. The molecule has 1 aromatic rings. The van der Waals surface area contributed by atoms with Crippen molar-refractivity contribution in [1.82, 2.24) is 4.90 Å². The third-order valence-electron chi connectivity index (χ3n) is 3.57. The van der Waals surface area contributed by atoms with Crippen LogP contribution in [0, 0.1) is 12.7 Å². The van der Waals surface area contributed by atoms with Gasteiger partial charge in [0, 0.05) is 18.3 Å². The van der Waals surface area contributed by atoms with Crippen molar-refractivity contribution in [3.05, 3.63) is 29.6 Å². The molecule has 1 aliphatic rings. The number of halogens is 2. The Bertz CT molecular complexity index is 470. The number of nitrogens with two attached hydrogens (primary N) is 1. The molecular weight excluding hydrogens is 281 g/mol. The number of likely N-dealkylation sites (tertiary alicyclic amines) is 1. The number of aryl methyl sites for hydroxylation is 1. The zero-order chi connectivity index (χ0) is 13.8. The van der Waals surface area contributed by atoms with Gasteiger partial charge in [-0.1, -0.05) is 6.07 Å². The van der Waals surface area contributed by atoms with Crippen molar-refractivity contribution >= 4 is 24.0 Å². The van der Waals surface area contributed by atoms with Crippen molar-refractivity contribution in [3.63, 3.8) is 0 Å². The van der Waals surface area contributed by atoms with Crippen molar-refractivity contribution in [2.24, 2.45) is 5.73 Å². The van der Waals surface area contributed by atoms with Gasteiger partial charge in [-0.05, 0) is 44.0 Å². The number of amides is 1. The summed E-state index contributed by atoms with van der Waals surface area (Å²) < 4.78 is 13.4. The summed E-state index contributed by atoms with van der Waals surface area (Å²) in [7, 11) is 0. The highest BCUT2D eigenvalue weighted by atomic mass is 35.5. The Balaban J connectivity index is 0.00000200. The molecule has 1 amide bonds. The van der Waals surface area contributed by atoms with Crippen LogP contribution in [0.2, 0.25) is 0 Å². The second-order valence-corrected chi connectivity index (χ2v) is 5.01. The van der Waals surface area contributed by atoms with Gasteiger partial charge in [0.25, 0.3) is 0 Å². The quantitative estimate of drug-likeness (QED) is 0.893. The molecule has 112 valence electrons. The van der Waals surface area contributed by atoms with E-state index in [1.807, 2.05) is 0 Å². The summed E-state index contributed by atoms with van der Waals surface area (Å²) >= 11 is 0. The maximum atomic E-state index is 13.4. The molecular formula is C14H21ClFN3O. The smallest absolute Gasteiger partial charge is 0.238 e. The highest BCUT2D eigenvalue weighted by Crippen LogP contribution is 2.17. The summed E-state index contributed by atoms with van der Waals surface area (Å²) in [4.78, 5) is 14.0. The first-order valence-electron chi connectivity index (χ1n) is 6.60. The molecule has 1 unspecified atom stereocenters. The van der Waals surface area contributed by atoms with Crippen molar-refractivity contribution in [2.75, 3.05) is 25.0 Å². The second-order valence-electron chi connectivity index (χ2n) is 5.01. The van der Waals surface area contributed by atoms with Crippen LogP contribution in [0.3, 0.4) is 0 Å². The lowest BCUT2D eigenvalue weighted by Crippen LogP contribution is -2.40. The molecule has 0 aromatic heterocycles. The number of hydrogen-bond acceptors (Lipinski definition) is 3. The average Bonchev–Trinajstić information content (AvgIpc) is 2.81. The number of hydrogen-bond donors (Lipinski definition) is 2. The van der Waals surface area contributed by atoms with Gasteiger partial charge >= 0.3 is 0 Å². The Morgan fingerprint density at radius 3 is 2.95 bits per heavy atom. The lowest BCUT2D eigenvalue weighted by molar-refractivity contribution is -0.117. The Kier molecular flexibility index (Phi) is 6.39. The van der Waals surface area contributed by atoms with Gasteiger partial charge < -0.3 is 11.1 Å². The number of anilines is 1. The SMILES string of the molecule is Cc1ccc(NC(=O)CN2CCCC2CN)cc1F.Cl. The molecule has 1 fully saturated rings. The van der Waals surface area contributed by atoms with Crippen LogP contribution in [0.25, 0.3) is 0 Å².